The van der Waals surface area contributed by atoms with Gasteiger partial charge in [0.25, 0.3) is 0 Å². The number of nitrogens with one attached hydrogen (secondary N) is 2. The van der Waals surface area contributed by atoms with Crippen molar-refractivity contribution in [2.75, 3.05) is 11.5 Å². The molecule has 1 aromatic heterocycles. The molecule has 0 aliphatic rings. The highest BCUT2D eigenvalue weighted by molar-refractivity contribution is 7.29. The maximum absolute atomic E-state index is 8.59. The number of hydrogen-bond donors (Lipinski definition) is 4. The molecule has 1 rings (SSSR count). The van der Waals surface area contributed by atoms with Gasteiger partial charge in [-0.1, -0.05) is 0 Å². The smallest absolute Gasteiger partial charge is 0.485 e. The third kappa shape index (κ3) is 6.65. The second-order valence-corrected chi connectivity index (χ2v) is 1.86. The molecule has 0 bridgehead atoms. The number of aromatic nitrogens is 3. The first kappa shape index (κ1) is 9.76. The Balaban J connectivity index is 0.000000218. The Labute approximate surface area is 62.2 Å². The fourth-order valence-corrected chi connectivity index (χ4v) is 0.314. The van der Waals surface area contributed by atoms with Crippen molar-refractivity contribution in [2.24, 2.45) is 0 Å². The second-order valence-electron chi connectivity index (χ2n) is 1.39. The van der Waals surface area contributed by atoms with Crippen LogP contribution in [0.1, 0.15) is 0 Å². The lowest BCUT2D eigenvalue weighted by Crippen LogP contribution is -2.09. The topological polar surface area (TPSA) is 155 Å². The van der Waals surface area contributed by atoms with Gasteiger partial charge in [0.05, 0.1) is 0 Å². The summed E-state index contributed by atoms with van der Waals surface area (Å²) >= 11 is 0. The maximum atomic E-state index is 8.59. The molecule has 1 heterocycles. The van der Waals surface area contributed by atoms with Crippen LogP contribution in [0.5, 0.6) is 0 Å². The van der Waals surface area contributed by atoms with Gasteiger partial charge in [0.1, 0.15) is 0 Å². The van der Waals surface area contributed by atoms with Gasteiger partial charge >= 0.3 is 20.2 Å². The molecule has 0 amide bonds. The largest absolute Gasteiger partial charge is 0.567 e. The monoisotopic (exact) mass is 180 g/mol. The lowest BCUT2D eigenvalue weighted by Gasteiger charge is -1.65. The number of hydrogen-bond acceptors (Lipinski definition) is 5. The van der Waals surface area contributed by atoms with Gasteiger partial charge < -0.3 is 16.4 Å². The van der Waals surface area contributed by atoms with Crippen molar-refractivity contribution in [3.8, 4) is 0 Å². The van der Waals surface area contributed by atoms with E-state index in [0.717, 1.165) is 0 Å². The second kappa shape index (κ2) is 4.56. The Bertz CT molecular complexity index is 215. The predicted molar refractivity (Wildman–Crippen MR) is 33.8 cm³/mol. The summed E-state index contributed by atoms with van der Waals surface area (Å²) in [6.45, 7) is 0. The van der Waals surface area contributed by atoms with Crippen molar-refractivity contribution < 1.29 is 19.3 Å². The molecule has 1 atom stereocenters. The van der Waals surface area contributed by atoms with E-state index in [2.05, 4.69) is 15.2 Å². The van der Waals surface area contributed by atoms with Crippen LogP contribution >= 0.6 is 8.25 Å². The summed E-state index contributed by atoms with van der Waals surface area (Å²) in [6.07, 6.45) is 0. The molecule has 11 heavy (non-hydrogen) atoms. The number of nitrogen functional groups attached to an aromatic ring is 2. The number of anilines is 2. The predicted octanol–water partition coefficient (Wildman–Crippen LogP) is -2.62. The van der Waals surface area contributed by atoms with E-state index in [1.54, 1.807) is 0 Å². The number of rotatable bonds is 0. The molecule has 62 valence electrons. The zero-order valence-corrected chi connectivity index (χ0v) is 6.21. The fraction of sp³-hybridized carbons (Fsp3) is 0. The molecule has 1 unspecified atom stereocenters. The first-order valence-corrected chi connectivity index (χ1v) is 3.47. The fourth-order valence-electron chi connectivity index (χ4n) is 0.314. The van der Waals surface area contributed by atoms with Crippen LogP contribution in [0.4, 0.5) is 11.9 Å². The molecule has 0 radical (unpaired) electrons. The zero-order chi connectivity index (χ0) is 8.85. The average molecular weight is 180 g/mol. The van der Waals surface area contributed by atoms with Gasteiger partial charge in [-0.05, 0) is 9.66 Å². The Morgan fingerprint density at radius 3 is 2.27 bits per heavy atom. The Morgan fingerprint density at radius 2 is 2.18 bits per heavy atom. The van der Waals surface area contributed by atoms with Gasteiger partial charge in [-0.25, -0.2) is 4.98 Å². The lowest BCUT2D eigenvalue weighted by atomic mass is 11.0. The van der Waals surface area contributed by atoms with Crippen LogP contribution in [-0.4, -0.2) is 15.1 Å². The van der Waals surface area contributed by atoms with Crippen molar-refractivity contribution in [1.82, 2.24) is 10.2 Å². The van der Waals surface area contributed by atoms with Crippen LogP contribution in [0.15, 0.2) is 0 Å². The van der Waals surface area contributed by atoms with E-state index in [0.29, 0.717) is 11.9 Å². The number of H-pyrrole nitrogens is 2. The molecule has 0 aromatic carbocycles. The highest BCUT2D eigenvalue weighted by atomic mass is 31.1. The van der Waals surface area contributed by atoms with Crippen molar-refractivity contribution in [3.63, 3.8) is 0 Å². The van der Waals surface area contributed by atoms with Crippen molar-refractivity contribution >= 4 is 20.2 Å². The quantitative estimate of drug-likeness (QED) is 0.320. The van der Waals surface area contributed by atoms with Crippen LogP contribution in [0, 0.1) is 0 Å². The first-order valence-electron chi connectivity index (χ1n) is 2.34. The number of aromatic amines is 2. The zero-order valence-electron chi connectivity index (χ0n) is 5.31. The Kier molecular flexibility index (Phi) is 4.04. The Morgan fingerprint density at radius 1 is 1.73 bits per heavy atom. The van der Waals surface area contributed by atoms with Gasteiger partial charge in [-0.15, -0.1) is 0 Å². The van der Waals surface area contributed by atoms with E-state index in [9.17, 15) is 0 Å². The molecule has 8 nitrogen and oxygen atoms in total. The van der Waals surface area contributed by atoms with Crippen LogP contribution in [-0.2, 0) is 4.57 Å². The minimum absolute atomic E-state index is 0.303. The molecule has 0 aliphatic carbocycles. The van der Waals surface area contributed by atoms with Crippen molar-refractivity contribution in [2.45, 2.75) is 0 Å². The third-order valence-electron chi connectivity index (χ3n) is 0.560. The lowest BCUT2D eigenvalue weighted by molar-refractivity contribution is -0.342. The molecule has 9 heteroatoms. The summed E-state index contributed by atoms with van der Waals surface area (Å²) in [6, 6.07) is 0. The molecule has 0 saturated heterocycles. The maximum Gasteiger partial charge on any atom is 0.485 e. The molecular formula is C2H7N5O3P+. The van der Waals surface area contributed by atoms with E-state index in [1.807, 2.05) is 0 Å². The summed E-state index contributed by atoms with van der Waals surface area (Å²) in [4.78, 5) is 18.1. The summed E-state index contributed by atoms with van der Waals surface area (Å²) in [5, 5.41) is 5.90. The molecule has 0 saturated carbocycles. The molecular weight excluding hydrogens is 173 g/mol. The summed E-state index contributed by atoms with van der Waals surface area (Å²) in [7, 11) is -3.12. The standard InChI is InChI=1S/C2H5N5.HO3P/c3-1-5-2(4)7-6-1;1-4(2)3/h(H5,3,4,5,6,7);(H,1,2,3)/p+1. The third-order valence-corrected chi connectivity index (χ3v) is 0.560. The SMILES string of the molecule is Nc1n[nH]c(N)[nH+]1.O=[P+]([O-])O. The summed E-state index contributed by atoms with van der Waals surface area (Å²) in [5.74, 6) is 0.676. The van der Waals surface area contributed by atoms with Gasteiger partial charge in [0, 0.05) is 0 Å². The van der Waals surface area contributed by atoms with E-state index >= 15 is 0 Å². The minimum Gasteiger partial charge on any atom is -0.567 e. The van der Waals surface area contributed by atoms with Crippen LogP contribution in [0.2, 0.25) is 0 Å². The summed E-state index contributed by atoms with van der Waals surface area (Å²) < 4.78 is 8.59. The van der Waals surface area contributed by atoms with Crippen LogP contribution < -0.4 is 21.3 Å². The van der Waals surface area contributed by atoms with E-state index in [4.69, 9.17) is 25.8 Å². The van der Waals surface area contributed by atoms with Gasteiger partial charge in [0.2, 0.25) is 0 Å². The normalized spacial score (nSPS) is 9.82. The van der Waals surface area contributed by atoms with Crippen LogP contribution in [0.25, 0.3) is 0 Å². The first-order chi connectivity index (χ1) is 5.02. The van der Waals surface area contributed by atoms with Gasteiger partial charge in [-0.2, -0.15) is 9.99 Å². The highest BCUT2D eigenvalue weighted by Crippen LogP contribution is 1.89. The van der Waals surface area contributed by atoms with Crippen molar-refractivity contribution in [3.05, 3.63) is 0 Å². The van der Waals surface area contributed by atoms with Crippen molar-refractivity contribution in [1.29, 1.82) is 0 Å². The van der Waals surface area contributed by atoms with Gasteiger partial charge in [-0.3, -0.25) is 0 Å². The molecule has 1 aromatic rings. The minimum atomic E-state index is -3.12. The Hall–Kier alpha value is -1.24. The van der Waals surface area contributed by atoms with E-state index < -0.39 is 8.25 Å². The number of nitrogens with two attached hydrogens (primary N) is 2. The van der Waals surface area contributed by atoms with E-state index in [1.165, 1.54) is 0 Å². The average Bonchev–Trinajstić information content (AvgIpc) is 2.13. The highest BCUT2D eigenvalue weighted by Gasteiger charge is 1.94. The number of nitrogens with zero attached hydrogens (tertiary/aromatic N) is 1. The van der Waals surface area contributed by atoms with Gasteiger partial charge in [0.15, 0.2) is 0 Å². The van der Waals surface area contributed by atoms with Crippen LogP contribution in [0.3, 0.4) is 0 Å². The van der Waals surface area contributed by atoms with E-state index in [-0.39, 0.29) is 0 Å². The molecule has 7 N–H and O–H groups in total. The molecule has 0 spiro atoms. The molecule has 0 fully saturated rings. The molecule has 0 aliphatic heterocycles. The summed E-state index contributed by atoms with van der Waals surface area (Å²) in [5.41, 5.74) is 10.2.